The zero-order chi connectivity index (χ0) is 19.8. The molecule has 0 spiro atoms. The molecular formula is C18H17NO7S. The minimum absolute atomic E-state index is 0.0430. The van der Waals surface area contributed by atoms with Crippen LogP contribution in [0.5, 0.6) is 11.5 Å². The van der Waals surface area contributed by atoms with Crippen molar-refractivity contribution >= 4 is 21.8 Å². The molecule has 2 N–H and O–H groups in total. The zero-order valence-electron chi connectivity index (χ0n) is 14.3. The Bertz CT molecular complexity index is 999. The molecule has 0 aliphatic carbocycles. The first-order valence-electron chi connectivity index (χ1n) is 7.98. The number of carbonyl (C=O) groups excluding carboxylic acids is 1. The molecule has 0 saturated carbocycles. The second-order valence-corrected chi connectivity index (χ2v) is 7.96. The fourth-order valence-corrected chi connectivity index (χ4v) is 4.61. The van der Waals surface area contributed by atoms with Gasteiger partial charge in [0, 0.05) is 6.54 Å². The summed E-state index contributed by atoms with van der Waals surface area (Å²) in [5.74, 6) is -2.48. The van der Waals surface area contributed by atoms with Gasteiger partial charge in [-0.15, -0.1) is 0 Å². The van der Waals surface area contributed by atoms with Crippen LogP contribution in [0.15, 0.2) is 47.4 Å². The molecule has 142 valence electrons. The number of aliphatic carboxylic acids is 1. The third kappa shape index (κ3) is 3.51. The molecule has 0 unspecified atom stereocenters. The van der Waals surface area contributed by atoms with Gasteiger partial charge in [-0.05, 0) is 53.9 Å². The summed E-state index contributed by atoms with van der Waals surface area (Å²) in [6.07, 6.45) is -0.0872. The highest BCUT2D eigenvalue weighted by Gasteiger charge is 2.41. The van der Waals surface area contributed by atoms with E-state index in [1.54, 1.807) is 6.07 Å². The van der Waals surface area contributed by atoms with Crippen molar-refractivity contribution in [1.82, 2.24) is 4.31 Å². The van der Waals surface area contributed by atoms with Crippen LogP contribution in [-0.2, 0) is 32.6 Å². The van der Waals surface area contributed by atoms with Crippen molar-refractivity contribution in [2.24, 2.45) is 0 Å². The highest BCUT2D eigenvalue weighted by Crippen LogP contribution is 2.31. The number of carboxylic acid groups (broad SMARTS) is 1. The number of fused-ring (bicyclic) bond motifs is 1. The van der Waals surface area contributed by atoms with Gasteiger partial charge >= 0.3 is 5.97 Å². The number of aromatic hydroxyl groups is 1. The number of hydrogen-bond donors (Lipinski definition) is 2. The van der Waals surface area contributed by atoms with Gasteiger partial charge in [0.1, 0.15) is 11.5 Å². The van der Waals surface area contributed by atoms with Gasteiger partial charge in [0.25, 0.3) is 5.78 Å². The molecule has 27 heavy (non-hydrogen) atoms. The van der Waals surface area contributed by atoms with Crippen LogP contribution in [0.1, 0.15) is 11.1 Å². The average Bonchev–Trinajstić information content (AvgIpc) is 2.66. The molecule has 0 amide bonds. The van der Waals surface area contributed by atoms with Crippen molar-refractivity contribution in [2.75, 3.05) is 7.11 Å². The molecule has 1 aliphatic rings. The fraction of sp³-hybridized carbons (Fsp3) is 0.222. The summed E-state index contributed by atoms with van der Waals surface area (Å²) in [6.45, 7) is -0.220. The molecule has 2 aromatic carbocycles. The summed E-state index contributed by atoms with van der Waals surface area (Å²) >= 11 is 0. The summed E-state index contributed by atoms with van der Waals surface area (Å²) < 4.78 is 32.1. The van der Waals surface area contributed by atoms with E-state index < -0.39 is 27.8 Å². The molecule has 0 aromatic heterocycles. The smallest absolute Gasteiger partial charge is 0.373 e. The first-order valence-corrected chi connectivity index (χ1v) is 9.42. The van der Waals surface area contributed by atoms with Crippen LogP contribution in [0.2, 0.25) is 0 Å². The van der Waals surface area contributed by atoms with Crippen LogP contribution >= 0.6 is 0 Å². The van der Waals surface area contributed by atoms with Crippen LogP contribution in [0.4, 0.5) is 0 Å². The van der Waals surface area contributed by atoms with E-state index in [0.717, 1.165) is 4.31 Å². The van der Waals surface area contributed by atoms with E-state index >= 15 is 0 Å². The molecule has 1 heterocycles. The van der Waals surface area contributed by atoms with Crippen LogP contribution in [0, 0.1) is 0 Å². The standard InChI is InChI=1S/C18H17NO7S/c1-26-14-4-6-15(7-5-14)27(24,25)19-10-12-8-13(20)3-2-11(12)9-16(19)17(21)18(22)23/h2-8,16,20H,9-10H2,1H3,(H,22,23)/t16-/m1/s1. The van der Waals surface area contributed by atoms with Gasteiger partial charge in [-0.25, -0.2) is 13.2 Å². The number of methoxy groups -OCH3 is 1. The van der Waals surface area contributed by atoms with Crippen LogP contribution in [-0.4, -0.2) is 47.8 Å². The molecule has 1 atom stereocenters. The Morgan fingerprint density at radius 1 is 1.11 bits per heavy atom. The maximum Gasteiger partial charge on any atom is 0.373 e. The van der Waals surface area contributed by atoms with Crippen molar-refractivity contribution < 1.29 is 33.0 Å². The molecule has 0 radical (unpaired) electrons. The lowest BCUT2D eigenvalue weighted by Gasteiger charge is -2.34. The predicted octanol–water partition coefficient (Wildman–Crippen LogP) is 1.17. The first kappa shape index (κ1) is 18.9. The SMILES string of the molecule is COc1ccc(S(=O)(=O)N2Cc3cc(O)ccc3C[C@@H]2C(=O)C(=O)O)cc1. The molecule has 0 bridgehead atoms. The predicted molar refractivity (Wildman–Crippen MR) is 94.0 cm³/mol. The monoisotopic (exact) mass is 391 g/mol. The Balaban J connectivity index is 2.07. The normalized spacial score (nSPS) is 17.1. The minimum Gasteiger partial charge on any atom is -0.508 e. The Hall–Kier alpha value is -2.91. The zero-order valence-corrected chi connectivity index (χ0v) is 15.1. The lowest BCUT2D eigenvalue weighted by Crippen LogP contribution is -2.50. The van der Waals surface area contributed by atoms with E-state index in [2.05, 4.69) is 0 Å². The Morgan fingerprint density at radius 3 is 2.37 bits per heavy atom. The van der Waals surface area contributed by atoms with E-state index in [-0.39, 0.29) is 23.6 Å². The van der Waals surface area contributed by atoms with Crippen molar-refractivity contribution in [1.29, 1.82) is 0 Å². The molecule has 1 aliphatic heterocycles. The summed E-state index contributed by atoms with van der Waals surface area (Å²) in [6, 6.07) is 8.59. The number of carbonyl (C=O) groups is 2. The number of benzene rings is 2. The largest absolute Gasteiger partial charge is 0.508 e. The number of phenols is 1. The lowest BCUT2D eigenvalue weighted by molar-refractivity contribution is -0.151. The van der Waals surface area contributed by atoms with Gasteiger partial charge in [0.05, 0.1) is 18.0 Å². The minimum atomic E-state index is -4.16. The maximum atomic E-state index is 13.1. The number of ether oxygens (including phenoxy) is 1. The molecule has 2 aromatic rings. The molecular weight excluding hydrogens is 374 g/mol. The lowest BCUT2D eigenvalue weighted by atomic mass is 9.93. The molecule has 8 nitrogen and oxygen atoms in total. The molecule has 3 rings (SSSR count). The number of ketones is 1. The van der Waals surface area contributed by atoms with Crippen LogP contribution < -0.4 is 4.74 Å². The topological polar surface area (TPSA) is 121 Å². The van der Waals surface area contributed by atoms with Crippen LogP contribution in [0.3, 0.4) is 0 Å². The van der Waals surface area contributed by atoms with Gasteiger partial charge in [-0.1, -0.05) is 6.07 Å². The average molecular weight is 391 g/mol. The second kappa shape index (κ2) is 7.01. The maximum absolute atomic E-state index is 13.1. The summed E-state index contributed by atoms with van der Waals surface area (Å²) in [7, 11) is -2.71. The van der Waals surface area contributed by atoms with Crippen molar-refractivity contribution in [3.05, 3.63) is 53.6 Å². The highest BCUT2D eigenvalue weighted by molar-refractivity contribution is 7.89. The van der Waals surface area contributed by atoms with Gasteiger partial charge in [-0.2, -0.15) is 4.31 Å². The van der Waals surface area contributed by atoms with Gasteiger partial charge in [0.15, 0.2) is 0 Å². The number of Topliss-reactive ketones (excluding diaryl/α,β-unsaturated/α-hetero) is 1. The first-order chi connectivity index (χ1) is 12.7. The fourth-order valence-electron chi connectivity index (χ4n) is 3.05. The number of phenolic OH excluding ortho intramolecular Hbond substituents is 1. The molecule has 0 saturated heterocycles. The Morgan fingerprint density at radius 2 is 1.78 bits per heavy atom. The summed E-state index contributed by atoms with van der Waals surface area (Å²) in [4.78, 5) is 23.3. The number of nitrogens with zero attached hydrogens (tertiary/aromatic N) is 1. The van der Waals surface area contributed by atoms with Crippen molar-refractivity contribution in [2.45, 2.75) is 23.9 Å². The second-order valence-electron chi connectivity index (χ2n) is 6.07. The summed E-state index contributed by atoms with van der Waals surface area (Å²) in [5, 5.41) is 18.8. The summed E-state index contributed by atoms with van der Waals surface area (Å²) in [5.41, 5.74) is 1.13. The van der Waals surface area contributed by atoms with Gasteiger partial charge < -0.3 is 14.9 Å². The third-order valence-corrected chi connectivity index (χ3v) is 6.33. The highest BCUT2D eigenvalue weighted by atomic mass is 32.2. The Kier molecular flexibility index (Phi) is 4.90. The number of rotatable bonds is 5. The van der Waals surface area contributed by atoms with Crippen LogP contribution in [0.25, 0.3) is 0 Å². The van der Waals surface area contributed by atoms with E-state index in [4.69, 9.17) is 9.84 Å². The number of hydrogen-bond acceptors (Lipinski definition) is 6. The van der Waals surface area contributed by atoms with E-state index in [9.17, 15) is 23.1 Å². The Labute approximate surface area is 155 Å². The van der Waals surface area contributed by atoms with Crippen molar-refractivity contribution in [3.63, 3.8) is 0 Å². The van der Waals surface area contributed by atoms with Gasteiger partial charge in [-0.3, -0.25) is 4.79 Å². The van der Waals surface area contributed by atoms with E-state index in [1.165, 1.54) is 43.5 Å². The molecule has 9 heteroatoms. The third-order valence-electron chi connectivity index (χ3n) is 4.46. The van der Waals surface area contributed by atoms with Gasteiger partial charge in [0.2, 0.25) is 10.0 Å². The van der Waals surface area contributed by atoms with E-state index in [0.29, 0.717) is 16.9 Å². The quantitative estimate of drug-likeness (QED) is 0.734. The van der Waals surface area contributed by atoms with Crippen molar-refractivity contribution in [3.8, 4) is 11.5 Å². The number of sulfonamides is 1. The molecule has 0 fully saturated rings. The number of carboxylic acids is 1. The van der Waals surface area contributed by atoms with E-state index in [1.807, 2.05) is 0 Å².